The van der Waals surface area contributed by atoms with E-state index in [4.69, 9.17) is 22.6 Å². The Balaban J connectivity index is 2.35. The summed E-state index contributed by atoms with van der Waals surface area (Å²) in [4.78, 5) is 29.8. The number of nitriles is 1. The van der Waals surface area contributed by atoms with Crippen molar-refractivity contribution in [2.24, 2.45) is 5.73 Å². The van der Waals surface area contributed by atoms with Gasteiger partial charge in [-0.25, -0.2) is 4.98 Å². The predicted molar refractivity (Wildman–Crippen MR) is 103 cm³/mol. The number of benzene rings is 1. The fourth-order valence-corrected chi connectivity index (χ4v) is 2.96. The van der Waals surface area contributed by atoms with Gasteiger partial charge in [0, 0.05) is 17.6 Å². The van der Waals surface area contributed by atoms with Crippen molar-refractivity contribution in [3.8, 4) is 6.19 Å². The Labute approximate surface area is 162 Å². The highest BCUT2D eigenvalue weighted by molar-refractivity contribution is 6.31. The van der Waals surface area contributed by atoms with Crippen LogP contribution in [0, 0.1) is 11.5 Å². The molecule has 27 heavy (non-hydrogen) atoms. The average molecular weight is 386 g/mol. The summed E-state index contributed by atoms with van der Waals surface area (Å²) in [6.45, 7) is 4.63. The second-order valence-corrected chi connectivity index (χ2v) is 6.56. The zero-order chi connectivity index (χ0) is 20.0. The lowest BCUT2D eigenvalue weighted by molar-refractivity contribution is 0.0947. The minimum Gasteiger partial charge on any atom is -0.368 e. The highest BCUT2D eigenvalue weighted by Gasteiger charge is 2.20. The van der Waals surface area contributed by atoms with Gasteiger partial charge in [0.1, 0.15) is 5.69 Å². The summed E-state index contributed by atoms with van der Waals surface area (Å²) in [5.41, 5.74) is 6.73. The van der Waals surface area contributed by atoms with Gasteiger partial charge in [0.15, 0.2) is 6.19 Å². The molecule has 0 saturated carbocycles. The van der Waals surface area contributed by atoms with Crippen molar-refractivity contribution in [3.63, 3.8) is 0 Å². The van der Waals surface area contributed by atoms with Crippen molar-refractivity contribution in [3.05, 3.63) is 58.4 Å². The molecule has 1 heterocycles. The minimum absolute atomic E-state index is 0.0371. The number of anilines is 1. The van der Waals surface area contributed by atoms with Crippen LogP contribution in [0.25, 0.3) is 0 Å². The van der Waals surface area contributed by atoms with E-state index in [1.807, 2.05) is 48.3 Å². The molecule has 2 aromatic rings. The molecule has 0 unspecified atom stereocenters. The lowest BCUT2D eigenvalue weighted by Gasteiger charge is -2.29. The van der Waals surface area contributed by atoms with Crippen molar-refractivity contribution in [1.82, 2.24) is 10.3 Å². The number of hydrogen-bond acceptors (Lipinski definition) is 5. The number of rotatable bonds is 7. The molecule has 0 aliphatic heterocycles. The highest BCUT2D eigenvalue weighted by Crippen LogP contribution is 2.22. The first-order valence-corrected chi connectivity index (χ1v) is 8.72. The van der Waals surface area contributed by atoms with Gasteiger partial charge >= 0.3 is 0 Å². The van der Waals surface area contributed by atoms with Crippen LogP contribution < -0.4 is 16.0 Å². The van der Waals surface area contributed by atoms with Gasteiger partial charge in [-0.05, 0) is 38.0 Å². The van der Waals surface area contributed by atoms with E-state index < -0.39 is 11.8 Å². The normalized spacial score (nSPS) is 10.3. The molecule has 8 heteroatoms. The van der Waals surface area contributed by atoms with E-state index >= 15 is 0 Å². The Morgan fingerprint density at radius 2 is 2.07 bits per heavy atom. The number of aromatic nitrogens is 1. The molecule has 1 aromatic carbocycles. The van der Waals surface area contributed by atoms with Gasteiger partial charge in [-0.15, -0.1) is 0 Å². The minimum atomic E-state index is -0.836. The molecular formula is C19H20ClN5O2. The van der Waals surface area contributed by atoms with Crippen LogP contribution in [0.2, 0.25) is 5.02 Å². The van der Waals surface area contributed by atoms with Crippen LogP contribution in [0.15, 0.2) is 36.5 Å². The smallest absolute Gasteiger partial charge is 0.268 e. The van der Waals surface area contributed by atoms with Gasteiger partial charge in [-0.1, -0.05) is 29.8 Å². The second-order valence-electron chi connectivity index (χ2n) is 6.15. The Hall–Kier alpha value is -3.11. The molecule has 2 rings (SSSR count). The molecule has 0 aliphatic rings. The SMILES string of the molecule is CC(C)N(CCc1ccccc1Cl)c1cnc(C(N)=O)c(C(=O)NC#N)c1. The van der Waals surface area contributed by atoms with Crippen molar-refractivity contribution in [2.45, 2.75) is 26.3 Å². The molecule has 7 nitrogen and oxygen atoms in total. The van der Waals surface area contributed by atoms with E-state index in [1.165, 1.54) is 12.3 Å². The average Bonchev–Trinajstić information content (AvgIpc) is 2.63. The third kappa shape index (κ3) is 4.96. The van der Waals surface area contributed by atoms with Gasteiger partial charge in [0.05, 0.1) is 17.4 Å². The maximum Gasteiger partial charge on any atom is 0.268 e. The monoisotopic (exact) mass is 385 g/mol. The van der Waals surface area contributed by atoms with Gasteiger partial charge in [0.25, 0.3) is 11.8 Å². The molecule has 3 N–H and O–H groups in total. The molecular weight excluding hydrogens is 366 g/mol. The molecule has 0 bridgehead atoms. The van der Waals surface area contributed by atoms with E-state index in [-0.39, 0.29) is 17.3 Å². The van der Waals surface area contributed by atoms with Gasteiger partial charge < -0.3 is 10.6 Å². The first-order chi connectivity index (χ1) is 12.8. The molecule has 0 atom stereocenters. The summed E-state index contributed by atoms with van der Waals surface area (Å²) in [5, 5.41) is 11.4. The summed E-state index contributed by atoms with van der Waals surface area (Å²) >= 11 is 6.22. The highest BCUT2D eigenvalue weighted by atomic mass is 35.5. The lowest BCUT2D eigenvalue weighted by atomic mass is 10.1. The molecule has 140 valence electrons. The number of carbonyl (C=O) groups is 2. The number of halogens is 1. The molecule has 0 fully saturated rings. The number of primary amides is 1. The fraction of sp³-hybridized carbons (Fsp3) is 0.263. The Kier molecular flexibility index (Phi) is 6.74. The number of hydrogen-bond donors (Lipinski definition) is 2. The maximum atomic E-state index is 12.1. The van der Waals surface area contributed by atoms with Crippen LogP contribution in [0.3, 0.4) is 0 Å². The molecule has 2 amide bonds. The van der Waals surface area contributed by atoms with E-state index in [0.717, 1.165) is 5.56 Å². The summed E-state index contributed by atoms with van der Waals surface area (Å²) in [6.07, 6.45) is 3.73. The summed E-state index contributed by atoms with van der Waals surface area (Å²) < 4.78 is 0. The largest absolute Gasteiger partial charge is 0.368 e. The Morgan fingerprint density at radius 1 is 1.37 bits per heavy atom. The van der Waals surface area contributed by atoms with Crippen LogP contribution in [0.5, 0.6) is 0 Å². The van der Waals surface area contributed by atoms with Gasteiger partial charge in [-0.2, -0.15) is 5.26 Å². The summed E-state index contributed by atoms with van der Waals surface area (Å²) in [7, 11) is 0. The van der Waals surface area contributed by atoms with Crippen molar-refractivity contribution in [2.75, 3.05) is 11.4 Å². The first kappa shape index (κ1) is 20.2. The maximum absolute atomic E-state index is 12.1. The number of pyridine rings is 1. The van der Waals surface area contributed by atoms with E-state index in [1.54, 1.807) is 6.19 Å². The Bertz CT molecular complexity index is 892. The first-order valence-electron chi connectivity index (χ1n) is 8.34. The van der Waals surface area contributed by atoms with E-state index in [0.29, 0.717) is 23.7 Å². The predicted octanol–water partition coefficient (Wildman–Crippen LogP) is 2.50. The molecule has 0 saturated heterocycles. The number of nitrogens with zero attached hydrogens (tertiary/aromatic N) is 3. The fourth-order valence-electron chi connectivity index (χ4n) is 2.73. The van der Waals surface area contributed by atoms with Crippen LogP contribution in [0.1, 0.15) is 40.3 Å². The molecule has 0 aliphatic carbocycles. The third-order valence-electron chi connectivity index (χ3n) is 4.06. The van der Waals surface area contributed by atoms with Crippen LogP contribution in [-0.4, -0.2) is 29.4 Å². The van der Waals surface area contributed by atoms with Crippen LogP contribution in [0.4, 0.5) is 5.69 Å². The second kappa shape index (κ2) is 9.01. The third-order valence-corrected chi connectivity index (χ3v) is 4.42. The molecule has 0 radical (unpaired) electrons. The van der Waals surface area contributed by atoms with Crippen molar-refractivity contribution in [1.29, 1.82) is 5.26 Å². The van der Waals surface area contributed by atoms with Crippen LogP contribution in [-0.2, 0) is 6.42 Å². The van der Waals surface area contributed by atoms with Crippen molar-refractivity contribution < 1.29 is 9.59 Å². The number of nitrogens with two attached hydrogens (primary N) is 1. The molecule has 1 aromatic heterocycles. The van der Waals surface area contributed by atoms with E-state index in [9.17, 15) is 9.59 Å². The zero-order valence-electron chi connectivity index (χ0n) is 15.1. The number of carbonyl (C=O) groups excluding carboxylic acids is 2. The zero-order valence-corrected chi connectivity index (χ0v) is 15.8. The summed E-state index contributed by atoms with van der Waals surface area (Å²) in [5.74, 6) is -1.56. The molecule has 0 spiro atoms. The number of nitrogens with one attached hydrogen (secondary N) is 1. The topological polar surface area (TPSA) is 112 Å². The number of amides is 2. The van der Waals surface area contributed by atoms with Crippen LogP contribution >= 0.6 is 11.6 Å². The summed E-state index contributed by atoms with van der Waals surface area (Å²) in [6, 6.07) is 9.21. The van der Waals surface area contributed by atoms with Crippen molar-refractivity contribution >= 4 is 29.1 Å². The van der Waals surface area contributed by atoms with E-state index in [2.05, 4.69) is 4.98 Å². The van der Waals surface area contributed by atoms with Gasteiger partial charge in [-0.3, -0.25) is 14.9 Å². The lowest BCUT2D eigenvalue weighted by Crippen LogP contribution is -2.34. The van der Waals surface area contributed by atoms with Gasteiger partial charge in [0.2, 0.25) is 0 Å². The Morgan fingerprint density at radius 3 is 2.67 bits per heavy atom. The quantitative estimate of drug-likeness (QED) is 0.561. The standard InChI is InChI=1S/C19H20ClN5O2/c1-12(2)25(8-7-13-5-3-4-6-16(13)20)14-9-15(19(27)24-11-21)17(18(22)26)23-10-14/h3-6,9-10,12H,7-8H2,1-2H3,(H2,22,26)(H,24,27).